The lowest BCUT2D eigenvalue weighted by Gasteiger charge is -2.11. The minimum absolute atomic E-state index is 0.174. The quantitative estimate of drug-likeness (QED) is 0.275. The van der Waals surface area contributed by atoms with Crippen molar-refractivity contribution in [1.29, 1.82) is 0 Å². The highest BCUT2D eigenvalue weighted by atomic mass is 33.1. The molecule has 28 heavy (non-hydrogen) atoms. The summed E-state index contributed by atoms with van der Waals surface area (Å²) < 4.78 is 4.67. The van der Waals surface area contributed by atoms with Crippen LogP contribution in [0.3, 0.4) is 0 Å². The van der Waals surface area contributed by atoms with Gasteiger partial charge in [0.2, 0.25) is 0 Å². The molecule has 1 aromatic rings. The van der Waals surface area contributed by atoms with Crippen molar-refractivity contribution in [1.82, 2.24) is 8.61 Å². The van der Waals surface area contributed by atoms with Crippen LogP contribution >= 0.6 is 67.1 Å². The standard InChI is InChI=1S/C18H24N2O2S6/c21-17(25-19-9-1-2-10-19)27-23-13-15-5-7-16(8-6-15)14-24-28-18(22)26-20-11-3-4-12-20/h5-8H,1-4,9-14H2. The molecule has 0 spiro atoms. The average molecular weight is 493 g/mol. The third kappa shape index (κ3) is 8.75. The summed E-state index contributed by atoms with van der Waals surface area (Å²) in [6.07, 6.45) is 4.80. The third-order valence-corrected chi connectivity index (χ3v) is 11.1. The zero-order chi connectivity index (χ0) is 19.6. The van der Waals surface area contributed by atoms with Crippen LogP contribution in [0.2, 0.25) is 0 Å². The van der Waals surface area contributed by atoms with Crippen LogP contribution in [-0.4, -0.2) is 43.7 Å². The molecule has 0 atom stereocenters. The molecule has 0 bridgehead atoms. The molecule has 0 saturated carbocycles. The molecule has 0 amide bonds. The third-order valence-electron chi connectivity index (χ3n) is 4.27. The lowest BCUT2D eigenvalue weighted by atomic mass is 10.2. The van der Waals surface area contributed by atoms with Gasteiger partial charge in [0, 0.05) is 61.6 Å². The second-order valence-corrected chi connectivity index (χ2v) is 13.7. The maximum absolute atomic E-state index is 12.0. The van der Waals surface area contributed by atoms with Crippen LogP contribution in [0, 0.1) is 0 Å². The smallest absolute Gasteiger partial charge is 0.271 e. The van der Waals surface area contributed by atoms with Crippen molar-refractivity contribution < 1.29 is 9.59 Å². The van der Waals surface area contributed by atoms with Crippen molar-refractivity contribution in [3.63, 3.8) is 0 Å². The largest absolute Gasteiger partial charge is 0.272 e. The van der Waals surface area contributed by atoms with E-state index in [1.54, 1.807) is 21.6 Å². The van der Waals surface area contributed by atoms with E-state index in [1.807, 2.05) is 0 Å². The Morgan fingerprint density at radius 2 is 1.04 bits per heavy atom. The molecule has 0 aliphatic carbocycles. The maximum Gasteiger partial charge on any atom is 0.271 e. The average Bonchev–Trinajstić information content (AvgIpc) is 3.37. The monoisotopic (exact) mass is 492 g/mol. The van der Waals surface area contributed by atoms with E-state index in [9.17, 15) is 9.59 Å². The Balaban J connectivity index is 1.27. The molecule has 3 rings (SSSR count). The Morgan fingerprint density at radius 3 is 1.39 bits per heavy atom. The Bertz CT molecular complexity index is 578. The molecule has 4 nitrogen and oxygen atoms in total. The lowest BCUT2D eigenvalue weighted by Crippen LogP contribution is -2.10. The highest BCUT2D eigenvalue weighted by molar-refractivity contribution is 8.86. The summed E-state index contributed by atoms with van der Waals surface area (Å²) >= 11 is 2.73. The highest BCUT2D eigenvalue weighted by Gasteiger charge is 2.17. The first kappa shape index (κ1) is 23.2. The summed E-state index contributed by atoms with van der Waals surface area (Å²) in [5.41, 5.74) is 2.44. The van der Waals surface area contributed by atoms with E-state index in [2.05, 4.69) is 32.9 Å². The van der Waals surface area contributed by atoms with E-state index < -0.39 is 0 Å². The van der Waals surface area contributed by atoms with Gasteiger partial charge in [-0.2, -0.15) is 0 Å². The van der Waals surface area contributed by atoms with Crippen LogP contribution in [0.4, 0.5) is 9.59 Å². The molecular weight excluding hydrogens is 469 g/mol. The van der Waals surface area contributed by atoms with Gasteiger partial charge in [-0.25, -0.2) is 8.61 Å². The summed E-state index contributed by atoms with van der Waals surface area (Å²) in [7, 11) is 5.88. The van der Waals surface area contributed by atoms with Crippen molar-refractivity contribution in [3.8, 4) is 0 Å². The summed E-state index contributed by atoms with van der Waals surface area (Å²) in [4.78, 5) is 23.9. The number of carbonyl (C=O) groups is 2. The summed E-state index contributed by atoms with van der Waals surface area (Å²) in [6.45, 7) is 4.12. The Kier molecular flexibility index (Phi) is 10.9. The molecular formula is C18H24N2O2S6. The van der Waals surface area contributed by atoms with Crippen LogP contribution < -0.4 is 0 Å². The molecule has 1 aromatic carbocycles. The predicted molar refractivity (Wildman–Crippen MR) is 132 cm³/mol. The number of hydrogen-bond acceptors (Lipinski definition) is 10. The summed E-state index contributed by atoms with van der Waals surface area (Å²) in [5, 5.41) is 0. The molecule has 0 N–H and O–H groups in total. The number of hydrogen-bond donors (Lipinski definition) is 0. The van der Waals surface area contributed by atoms with Gasteiger partial charge in [-0.15, -0.1) is 0 Å². The van der Waals surface area contributed by atoms with Gasteiger partial charge in [0.15, 0.2) is 0 Å². The first-order valence-electron chi connectivity index (χ1n) is 9.29. The van der Waals surface area contributed by atoms with E-state index >= 15 is 0 Å². The minimum atomic E-state index is 0.174. The fourth-order valence-corrected chi connectivity index (χ4v) is 9.13. The zero-order valence-corrected chi connectivity index (χ0v) is 20.4. The molecule has 10 heteroatoms. The molecule has 0 aromatic heterocycles. The molecule has 2 heterocycles. The fourth-order valence-electron chi connectivity index (χ4n) is 2.82. The summed E-state index contributed by atoms with van der Waals surface area (Å²) in [6, 6.07) is 8.47. The van der Waals surface area contributed by atoms with E-state index in [0.717, 1.165) is 37.7 Å². The first-order valence-corrected chi connectivity index (χ1v) is 15.5. The molecule has 0 radical (unpaired) electrons. The normalized spacial score (nSPS) is 18.0. The van der Waals surface area contributed by atoms with Crippen LogP contribution in [0.1, 0.15) is 36.8 Å². The van der Waals surface area contributed by atoms with Crippen LogP contribution in [0.15, 0.2) is 24.3 Å². The molecule has 2 saturated heterocycles. The predicted octanol–water partition coefficient (Wildman–Crippen LogP) is 7.18. The Morgan fingerprint density at radius 1 is 0.679 bits per heavy atom. The molecule has 2 aliphatic heterocycles. The SMILES string of the molecule is O=C(SSCc1ccc(CSSC(=O)SN2CCCC2)cc1)SN1CCCC1. The van der Waals surface area contributed by atoms with Crippen LogP contribution in [-0.2, 0) is 11.5 Å². The first-order chi connectivity index (χ1) is 13.7. The zero-order valence-electron chi connectivity index (χ0n) is 15.5. The second-order valence-electron chi connectivity index (χ2n) is 6.46. The molecule has 2 fully saturated rings. The van der Waals surface area contributed by atoms with E-state index in [0.29, 0.717) is 0 Å². The van der Waals surface area contributed by atoms with Gasteiger partial charge in [-0.05, 0) is 58.4 Å². The van der Waals surface area contributed by atoms with Crippen LogP contribution in [0.5, 0.6) is 0 Å². The van der Waals surface area contributed by atoms with Crippen molar-refractivity contribution >= 4 is 76.0 Å². The Labute approximate surface area is 191 Å². The van der Waals surface area contributed by atoms with Gasteiger partial charge in [-0.3, -0.25) is 9.59 Å². The number of benzene rings is 1. The van der Waals surface area contributed by atoms with Crippen molar-refractivity contribution in [3.05, 3.63) is 35.4 Å². The van der Waals surface area contributed by atoms with E-state index in [-0.39, 0.29) is 8.89 Å². The van der Waals surface area contributed by atoms with Crippen molar-refractivity contribution in [2.75, 3.05) is 26.2 Å². The van der Waals surface area contributed by atoms with Crippen molar-refractivity contribution in [2.45, 2.75) is 37.2 Å². The number of carbonyl (C=O) groups excluding carboxylic acids is 2. The van der Waals surface area contributed by atoms with Gasteiger partial charge in [0.25, 0.3) is 8.89 Å². The molecule has 2 aliphatic rings. The van der Waals surface area contributed by atoms with E-state index in [1.165, 1.54) is 82.3 Å². The van der Waals surface area contributed by atoms with Gasteiger partial charge in [-0.1, -0.05) is 45.9 Å². The Hall–Kier alpha value is 0.580. The van der Waals surface area contributed by atoms with Gasteiger partial charge >= 0.3 is 0 Å². The summed E-state index contributed by atoms with van der Waals surface area (Å²) in [5.74, 6) is 1.65. The lowest BCUT2D eigenvalue weighted by molar-refractivity contribution is 0.275. The fraction of sp³-hybridized carbons (Fsp3) is 0.556. The maximum atomic E-state index is 12.0. The minimum Gasteiger partial charge on any atom is -0.272 e. The topological polar surface area (TPSA) is 40.6 Å². The second kappa shape index (κ2) is 13.1. The molecule has 154 valence electrons. The van der Waals surface area contributed by atoms with Crippen LogP contribution in [0.25, 0.3) is 0 Å². The number of rotatable bonds is 8. The molecule has 0 unspecified atom stereocenters. The highest BCUT2D eigenvalue weighted by Crippen LogP contribution is 2.36. The van der Waals surface area contributed by atoms with Gasteiger partial charge in [0.05, 0.1) is 0 Å². The van der Waals surface area contributed by atoms with E-state index in [4.69, 9.17) is 0 Å². The van der Waals surface area contributed by atoms with Gasteiger partial charge in [0.1, 0.15) is 0 Å². The number of nitrogens with zero attached hydrogens (tertiary/aromatic N) is 2. The van der Waals surface area contributed by atoms with Crippen molar-refractivity contribution in [2.24, 2.45) is 0 Å². The van der Waals surface area contributed by atoms with Gasteiger partial charge < -0.3 is 0 Å².